The Kier molecular flexibility index (Phi) is 11.9. The largest absolute Gasteiger partial charge is 0.494 e. The van der Waals surface area contributed by atoms with Crippen molar-refractivity contribution in [1.82, 2.24) is 9.80 Å². The summed E-state index contributed by atoms with van der Waals surface area (Å²) in [7, 11) is 3.38. The van der Waals surface area contributed by atoms with E-state index in [4.69, 9.17) is 21.0 Å². The maximum absolute atomic E-state index is 9.43. The average Bonchev–Trinajstić information content (AvgIpc) is 2.71. The smallest absolute Gasteiger partial charge is 0.209 e. The summed E-state index contributed by atoms with van der Waals surface area (Å²) in [5, 5.41) is 16.2. The highest BCUT2D eigenvalue weighted by Crippen LogP contribution is 2.21. The predicted octanol–water partition coefficient (Wildman–Crippen LogP) is 1.93. The minimum Gasteiger partial charge on any atom is -0.494 e. The first-order chi connectivity index (χ1) is 13.5. The van der Waals surface area contributed by atoms with Crippen molar-refractivity contribution < 1.29 is 14.6 Å². The molecule has 0 unspecified atom stereocenters. The third-order valence-electron chi connectivity index (χ3n) is 4.74. The number of benzene rings is 1. The number of piperidine rings is 1. The number of rotatable bonds is 10. The number of amides is 1. The Balaban J connectivity index is 0.000000696. The minimum absolute atomic E-state index is 0.0824. The summed E-state index contributed by atoms with van der Waals surface area (Å²) in [6.45, 7) is 4.46. The van der Waals surface area contributed by atoms with Crippen molar-refractivity contribution in [3.05, 3.63) is 29.8 Å². The van der Waals surface area contributed by atoms with Gasteiger partial charge in [0.15, 0.2) is 0 Å². The van der Waals surface area contributed by atoms with Gasteiger partial charge in [0.1, 0.15) is 11.6 Å². The third kappa shape index (κ3) is 10.3. The van der Waals surface area contributed by atoms with Gasteiger partial charge in [-0.3, -0.25) is 10.2 Å². The number of hydrogen-bond acceptors (Lipinski definition) is 5. The number of likely N-dealkylation sites (tertiary alicyclic amines) is 1. The highest BCUT2D eigenvalue weighted by Gasteiger charge is 2.18. The number of carbonyl (C=O) groups is 1. The number of nitrogens with two attached hydrogens (primary N) is 1. The number of aliphatic hydroxyl groups excluding tert-OH is 1. The van der Waals surface area contributed by atoms with Gasteiger partial charge in [0.05, 0.1) is 6.61 Å². The predicted molar refractivity (Wildman–Crippen MR) is 113 cm³/mol. The van der Waals surface area contributed by atoms with Crippen LogP contribution in [0.3, 0.4) is 0 Å². The van der Waals surface area contributed by atoms with Crippen LogP contribution in [-0.2, 0) is 4.79 Å². The Morgan fingerprint density at radius 2 is 1.89 bits per heavy atom. The van der Waals surface area contributed by atoms with Gasteiger partial charge in [-0.15, -0.1) is 0 Å². The molecule has 0 aliphatic carbocycles. The zero-order valence-electron chi connectivity index (χ0n) is 17.3. The van der Waals surface area contributed by atoms with E-state index in [-0.39, 0.29) is 5.84 Å². The molecule has 1 aliphatic rings. The first-order valence-corrected chi connectivity index (χ1v) is 9.98. The van der Waals surface area contributed by atoms with Crippen molar-refractivity contribution in [3.63, 3.8) is 0 Å². The third-order valence-corrected chi connectivity index (χ3v) is 4.74. The summed E-state index contributed by atoms with van der Waals surface area (Å²) in [5.41, 5.74) is 6.15. The first-order valence-electron chi connectivity index (χ1n) is 9.98. The second-order valence-corrected chi connectivity index (χ2v) is 7.36. The lowest BCUT2D eigenvalue weighted by atomic mass is 9.92. The molecule has 4 N–H and O–H groups in total. The lowest BCUT2D eigenvalue weighted by Gasteiger charge is -2.31. The van der Waals surface area contributed by atoms with Crippen LogP contribution < -0.4 is 10.5 Å². The lowest BCUT2D eigenvalue weighted by molar-refractivity contribution is -0.115. The maximum atomic E-state index is 9.43. The maximum Gasteiger partial charge on any atom is 0.209 e. The van der Waals surface area contributed by atoms with Gasteiger partial charge >= 0.3 is 0 Å². The standard InChI is InChI=1S/C18H29N3O2.C3H7NO/c19-18(20)16-4-6-17(7-5-16)23-14-2-10-21-11-8-15(9-12-21)3-1-13-22;1-4(2)3-5/h4-7,15,22H,1-3,8-14H2,(H3,19,20);3H,1-2H3. The summed E-state index contributed by atoms with van der Waals surface area (Å²) >= 11 is 0. The van der Waals surface area contributed by atoms with Crippen LogP contribution in [-0.4, -0.2) is 74.1 Å². The number of nitrogens with one attached hydrogen (secondary N) is 1. The highest BCUT2D eigenvalue weighted by atomic mass is 16.5. The van der Waals surface area contributed by atoms with Crippen LogP contribution in [0.4, 0.5) is 0 Å². The quantitative estimate of drug-likeness (QED) is 0.244. The van der Waals surface area contributed by atoms with E-state index in [9.17, 15) is 4.79 Å². The van der Waals surface area contributed by atoms with Crippen LogP contribution in [0.5, 0.6) is 5.75 Å². The normalized spacial score (nSPS) is 14.7. The van der Waals surface area contributed by atoms with Gasteiger partial charge in [0.25, 0.3) is 0 Å². The number of amidine groups is 1. The SMILES string of the molecule is CN(C)C=O.N=C(N)c1ccc(OCCCN2CCC(CCCO)CC2)cc1. The molecule has 0 bridgehead atoms. The molecule has 1 aromatic rings. The first kappa shape index (κ1) is 23.9. The molecule has 0 radical (unpaired) electrons. The molecule has 1 heterocycles. The van der Waals surface area contributed by atoms with Crippen LogP contribution >= 0.6 is 0 Å². The van der Waals surface area contributed by atoms with Crippen LogP contribution in [0.15, 0.2) is 24.3 Å². The van der Waals surface area contributed by atoms with Crippen LogP contribution in [0.25, 0.3) is 0 Å². The van der Waals surface area contributed by atoms with E-state index >= 15 is 0 Å². The zero-order valence-corrected chi connectivity index (χ0v) is 17.3. The summed E-state index contributed by atoms with van der Waals surface area (Å²) in [4.78, 5) is 13.4. The highest BCUT2D eigenvalue weighted by molar-refractivity contribution is 5.94. The number of ether oxygens (including phenoxy) is 1. The van der Waals surface area contributed by atoms with E-state index in [1.807, 2.05) is 24.3 Å². The lowest BCUT2D eigenvalue weighted by Crippen LogP contribution is -2.35. The fourth-order valence-electron chi connectivity index (χ4n) is 3.09. The molecule has 158 valence electrons. The summed E-state index contributed by atoms with van der Waals surface area (Å²) in [5.74, 6) is 1.71. The van der Waals surface area contributed by atoms with E-state index in [1.54, 1.807) is 14.1 Å². The second kappa shape index (κ2) is 14.0. The van der Waals surface area contributed by atoms with Gasteiger partial charge in [0, 0.05) is 32.8 Å². The van der Waals surface area contributed by atoms with Crippen LogP contribution in [0.1, 0.15) is 37.7 Å². The molecule has 1 aliphatic heterocycles. The molecular weight excluding hydrogens is 356 g/mol. The molecule has 0 atom stereocenters. The van der Waals surface area contributed by atoms with E-state index in [0.29, 0.717) is 13.2 Å². The molecule has 28 heavy (non-hydrogen) atoms. The molecule has 0 aromatic heterocycles. The number of nitrogen functional groups attached to an aromatic ring is 1. The van der Waals surface area contributed by atoms with Gasteiger partial charge < -0.3 is 25.4 Å². The Hall–Kier alpha value is -2.12. The van der Waals surface area contributed by atoms with Crippen molar-refractivity contribution >= 4 is 12.2 Å². The van der Waals surface area contributed by atoms with Crippen molar-refractivity contribution in [2.45, 2.75) is 32.1 Å². The molecule has 2 rings (SSSR count). The second-order valence-electron chi connectivity index (χ2n) is 7.36. The number of carbonyl (C=O) groups excluding carboxylic acids is 1. The topological polar surface area (TPSA) is 103 Å². The number of aliphatic hydroxyl groups is 1. The fraction of sp³-hybridized carbons (Fsp3) is 0.619. The molecule has 0 saturated carbocycles. The van der Waals surface area contributed by atoms with E-state index < -0.39 is 0 Å². The Bertz CT molecular complexity index is 555. The van der Waals surface area contributed by atoms with E-state index in [2.05, 4.69) is 4.90 Å². The van der Waals surface area contributed by atoms with Gasteiger partial charge in [0.2, 0.25) is 6.41 Å². The molecular formula is C21H36N4O3. The Labute approximate surface area is 169 Å². The van der Waals surface area contributed by atoms with E-state index in [1.165, 1.54) is 37.3 Å². The molecule has 1 amide bonds. The summed E-state index contributed by atoms with van der Waals surface area (Å²) in [6, 6.07) is 7.36. The van der Waals surface area contributed by atoms with Crippen LogP contribution in [0, 0.1) is 11.3 Å². The number of hydrogen-bond donors (Lipinski definition) is 3. The molecule has 1 saturated heterocycles. The van der Waals surface area contributed by atoms with Crippen molar-refractivity contribution in [1.29, 1.82) is 5.41 Å². The van der Waals surface area contributed by atoms with Crippen molar-refractivity contribution in [2.75, 3.05) is 46.9 Å². The van der Waals surface area contributed by atoms with Gasteiger partial charge in [-0.1, -0.05) is 0 Å². The van der Waals surface area contributed by atoms with Gasteiger partial charge in [-0.25, -0.2) is 0 Å². The Morgan fingerprint density at radius 3 is 2.39 bits per heavy atom. The molecule has 7 nitrogen and oxygen atoms in total. The average molecular weight is 393 g/mol. The van der Waals surface area contributed by atoms with Gasteiger partial charge in [-0.2, -0.15) is 0 Å². The zero-order chi connectivity index (χ0) is 20.8. The minimum atomic E-state index is 0.0824. The monoisotopic (exact) mass is 392 g/mol. The van der Waals surface area contributed by atoms with Crippen molar-refractivity contribution in [2.24, 2.45) is 11.7 Å². The molecule has 7 heteroatoms. The summed E-state index contributed by atoms with van der Waals surface area (Å²) in [6.07, 6.45) is 6.40. The molecule has 1 fully saturated rings. The number of nitrogens with zero attached hydrogens (tertiary/aromatic N) is 2. The van der Waals surface area contributed by atoms with Gasteiger partial charge in [-0.05, 0) is 75.4 Å². The fourth-order valence-corrected chi connectivity index (χ4v) is 3.09. The summed E-state index contributed by atoms with van der Waals surface area (Å²) < 4.78 is 5.74. The molecule has 1 aromatic carbocycles. The Morgan fingerprint density at radius 1 is 1.29 bits per heavy atom. The van der Waals surface area contributed by atoms with Crippen molar-refractivity contribution in [3.8, 4) is 5.75 Å². The van der Waals surface area contributed by atoms with Crippen LogP contribution in [0.2, 0.25) is 0 Å². The molecule has 0 spiro atoms. The van der Waals surface area contributed by atoms with E-state index in [0.717, 1.165) is 43.0 Å².